The van der Waals surface area contributed by atoms with Crippen molar-refractivity contribution in [1.82, 2.24) is 14.5 Å². The number of nitrogens with one attached hydrogen (secondary N) is 1. The average molecular weight is 407 g/mol. The number of benzene rings is 2. The second kappa shape index (κ2) is 7.50. The maximum Gasteiger partial charge on any atom is 0.328 e. The molecule has 7 heteroatoms. The van der Waals surface area contributed by atoms with Gasteiger partial charge in [-0.2, -0.15) is 0 Å². The van der Waals surface area contributed by atoms with Crippen LogP contribution in [0.4, 0.5) is 5.69 Å². The Morgan fingerprint density at radius 2 is 1.59 bits per heavy atom. The number of aromatic nitrogens is 2. The van der Waals surface area contributed by atoms with Crippen molar-refractivity contribution in [1.29, 1.82) is 0 Å². The number of nitrogens with zero attached hydrogens (tertiary/aromatic N) is 3. The maximum atomic E-state index is 13.0. The molecule has 148 valence electrons. The summed E-state index contributed by atoms with van der Waals surface area (Å²) in [5, 5.41) is 0.936. The Balaban J connectivity index is 1.32. The van der Waals surface area contributed by atoms with E-state index >= 15 is 0 Å². The Morgan fingerprint density at radius 1 is 0.862 bits per heavy atom. The van der Waals surface area contributed by atoms with E-state index in [9.17, 15) is 9.59 Å². The van der Waals surface area contributed by atoms with Crippen molar-refractivity contribution in [2.75, 3.05) is 37.6 Å². The summed E-state index contributed by atoms with van der Waals surface area (Å²) in [6, 6.07) is 18.2. The lowest BCUT2D eigenvalue weighted by atomic mass is 10.2. The Kier molecular flexibility index (Phi) is 4.69. The number of hydrogen-bond donors (Lipinski definition) is 1. The lowest BCUT2D eigenvalue weighted by Gasteiger charge is -2.36. The maximum absolute atomic E-state index is 13.0. The molecule has 2 aromatic heterocycles. The molecule has 29 heavy (non-hydrogen) atoms. The third-order valence-corrected chi connectivity index (χ3v) is 6.80. The van der Waals surface area contributed by atoms with Crippen LogP contribution >= 0.6 is 11.3 Å². The summed E-state index contributed by atoms with van der Waals surface area (Å²) in [6.45, 7) is 4.85. The molecule has 3 heterocycles. The number of H-pyrrole nitrogens is 1. The second-order valence-corrected chi connectivity index (χ2v) is 8.41. The minimum Gasteiger partial charge on any atom is -0.369 e. The van der Waals surface area contributed by atoms with Crippen molar-refractivity contribution < 1.29 is 0 Å². The highest BCUT2D eigenvalue weighted by Gasteiger charge is 2.18. The first kappa shape index (κ1) is 18.1. The molecular weight excluding hydrogens is 384 g/mol. The molecule has 1 aliphatic rings. The summed E-state index contributed by atoms with van der Waals surface area (Å²) in [6.07, 6.45) is 0. The molecule has 0 bridgehead atoms. The van der Waals surface area contributed by atoms with Crippen molar-refractivity contribution in [2.45, 2.75) is 6.54 Å². The third-order valence-electron chi connectivity index (χ3n) is 5.65. The zero-order valence-electron chi connectivity index (χ0n) is 16.0. The quantitative estimate of drug-likeness (QED) is 0.566. The average Bonchev–Trinajstić information content (AvgIpc) is 3.13. The summed E-state index contributed by atoms with van der Waals surface area (Å²) in [5.41, 5.74) is 1.39. The topological polar surface area (TPSA) is 61.3 Å². The van der Waals surface area contributed by atoms with Gasteiger partial charge in [0.25, 0.3) is 5.56 Å². The predicted molar refractivity (Wildman–Crippen MR) is 119 cm³/mol. The van der Waals surface area contributed by atoms with Gasteiger partial charge in [0.1, 0.15) is 4.70 Å². The molecule has 1 aliphatic heterocycles. The van der Waals surface area contributed by atoms with Gasteiger partial charge in [0.2, 0.25) is 0 Å². The van der Waals surface area contributed by atoms with E-state index in [1.165, 1.54) is 21.6 Å². The highest BCUT2D eigenvalue weighted by molar-refractivity contribution is 7.25. The molecule has 2 aromatic carbocycles. The van der Waals surface area contributed by atoms with Crippen LogP contribution in [0.1, 0.15) is 0 Å². The highest BCUT2D eigenvalue weighted by atomic mass is 32.1. The van der Waals surface area contributed by atoms with Crippen molar-refractivity contribution in [3.63, 3.8) is 0 Å². The fourth-order valence-corrected chi connectivity index (χ4v) is 5.13. The van der Waals surface area contributed by atoms with E-state index in [0.717, 1.165) is 36.3 Å². The van der Waals surface area contributed by atoms with Gasteiger partial charge in [-0.15, -0.1) is 11.3 Å². The molecule has 1 N–H and O–H groups in total. The first-order chi connectivity index (χ1) is 14.2. The van der Waals surface area contributed by atoms with E-state index in [1.807, 2.05) is 30.3 Å². The molecule has 0 unspecified atom stereocenters. The zero-order chi connectivity index (χ0) is 19.8. The van der Waals surface area contributed by atoms with Crippen LogP contribution in [-0.4, -0.2) is 47.2 Å². The number of rotatable bonds is 4. The van der Waals surface area contributed by atoms with Crippen LogP contribution in [-0.2, 0) is 6.54 Å². The lowest BCUT2D eigenvalue weighted by Crippen LogP contribution is -2.48. The van der Waals surface area contributed by atoms with Gasteiger partial charge in [-0.25, -0.2) is 4.79 Å². The second-order valence-electron chi connectivity index (χ2n) is 7.35. The summed E-state index contributed by atoms with van der Waals surface area (Å²) in [7, 11) is 0. The van der Waals surface area contributed by atoms with Crippen molar-refractivity contribution in [3.8, 4) is 0 Å². The summed E-state index contributed by atoms with van der Waals surface area (Å²) in [4.78, 5) is 33.2. The Hall–Kier alpha value is -2.90. The first-order valence-electron chi connectivity index (χ1n) is 9.87. The minimum atomic E-state index is -0.325. The third kappa shape index (κ3) is 3.36. The SMILES string of the molecule is O=c1[nH]c2c(sc3ccccc32)c(=O)n1CCN1CCN(c2ccccc2)CC1. The van der Waals surface area contributed by atoms with E-state index in [1.54, 1.807) is 0 Å². The molecule has 0 radical (unpaired) electrons. The zero-order valence-corrected chi connectivity index (χ0v) is 16.8. The standard InChI is InChI=1S/C22H22N4O2S/c27-21-20-19(17-8-4-5-9-18(17)29-20)23-22(28)26(21)15-12-24-10-13-25(14-11-24)16-6-2-1-3-7-16/h1-9H,10-15H2,(H,23,28). The van der Waals surface area contributed by atoms with Crippen molar-refractivity contribution >= 4 is 37.3 Å². The van der Waals surface area contributed by atoms with Crippen molar-refractivity contribution in [3.05, 3.63) is 75.4 Å². The van der Waals surface area contributed by atoms with Crippen LogP contribution in [0.25, 0.3) is 20.3 Å². The van der Waals surface area contributed by atoms with Gasteiger partial charge in [0.05, 0.1) is 5.52 Å². The Morgan fingerprint density at radius 3 is 2.38 bits per heavy atom. The monoisotopic (exact) mass is 406 g/mol. The number of thiophene rings is 1. The molecule has 1 fully saturated rings. The van der Waals surface area contributed by atoms with Crippen LogP contribution in [0.2, 0.25) is 0 Å². The molecule has 6 nitrogen and oxygen atoms in total. The molecule has 0 saturated carbocycles. The van der Waals surface area contributed by atoms with E-state index in [-0.39, 0.29) is 11.2 Å². The van der Waals surface area contributed by atoms with Crippen LogP contribution in [0.5, 0.6) is 0 Å². The van der Waals surface area contributed by atoms with E-state index in [4.69, 9.17) is 0 Å². The normalized spacial score (nSPS) is 15.4. The van der Waals surface area contributed by atoms with E-state index in [2.05, 4.69) is 39.0 Å². The Labute approximate surface area is 171 Å². The van der Waals surface area contributed by atoms with Gasteiger partial charge in [0, 0.05) is 55.0 Å². The van der Waals surface area contributed by atoms with Crippen LogP contribution in [0.3, 0.4) is 0 Å². The molecule has 1 saturated heterocycles. The highest BCUT2D eigenvalue weighted by Crippen LogP contribution is 2.29. The number of fused-ring (bicyclic) bond motifs is 3. The summed E-state index contributed by atoms with van der Waals surface area (Å²) in [5.74, 6) is 0. The first-order valence-corrected chi connectivity index (χ1v) is 10.7. The largest absolute Gasteiger partial charge is 0.369 e. The number of piperazine rings is 1. The smallest absolute Gasteiger partial charge is 0.328 e. The molecule has 0 aliphatic carbocycles. The molecule has 4 aromatic rings. The number of hydrogen-bond acceptors (Lipinski definition) is 5. The van der Waals surface area contributed by atoms with Gasteiger partial charge >= 0.3 is 5.69 Å². The Bertz CT molecular complexity index is 1270. The molecule has 0 amide bonds. The van der Waals surface area contributed by atoms with Gasteiger partial charge in [-0.3, -0.25) is 14.3 Å². The summed E-state index contributed by atoms with van der Waals surface area (Å²) < 4.78 is 2.99. The van der Waals surface area contributed by atoms with Gasteiger partial charge in [0.15, 0.2) is 0 Å². The number of para-hydroxylation sites is 1. The molecule has 0 atom stereocenters. The van der Waals surface area contributed by atoms with E-state index < -0.39 is 0 Å². The van der Waals surface area contributed by atoms with Gasteiger partial charge in [-0.1, -0.05) is 36.4 Å². The van der Waals surface area contributed by atoms with Gasteiger partial charge in [-0.05, 0) is 18.2 Å². The van der Waals surface area contributed by atoms with Crippen LogP contribution in [0, 0.1) is 0 Å². The van der Waals surface area contributed by atoms with Crippen LogP contribution in [0.15, 0.2) is 64.2 Å². The number of aromatic amines is 1. The van der Waals surface area contributed by atoms with E-state index in [0.29, 0.717) is 23.3 Å². The molecular formula is C22H22N4O2S. The number of anilines is 1. The van der Waals surface area contributed by atoms with Crippen LogP contribution < -0.4 is 16.1 Å². The predicted octanol–water partition coefficient (Wildman–Crippen LogP) is 2.73. The summed E-state index contributed by atoms with van der Waals surface area (Å²) >= 11 is 1.45. The van der Waals surface area contributed by atoms with Crippen molar-refractivity contribution in [2.24, 2.45) is 0 Å². The molecule has 0 spiro atoms. The molecule has 5 rings (SSSR count). The van der Waals surface area contributed by atoms with Gasteiger partial charge < -0.3 is 9.88 Å². The fourth-order valence-electron chi connectivity index (χ4n) is 4.02. The lowest BCUT2D eigenvalue weighted by molar-refractivity contribution is 0.246. The fraction of sp³-hybridized carbons (Fsp3) is 0.273. The minimum absolute atomic E-state index is 0.187.